The number of carbonyl (C=O) groups is 1. The number of carbonyl (C=O) groups excluding carboxylic acids is 1. The van der Waals surface area contributed by atoms with Crippen LogP contribution in [0.1, 0.15) is 17.3 Å². The first-order valence-corrected chi connectivity index (χ1v) is 7.66. The molecule has 25 heavy (non-hydrogen) atoms. The highest BCUT2D eigenvalue weighted by molar-refractivity contribution is 6.04. The Labute approximate surface area is 145 Å². The van der Waals surface area contributed by atoms with Crippen LogP contribution in [0, 0.1) is 11.6 Å². The maximum Gasteiger partial charge on any atom is 0.255 e. The van der Waals surface area contributed by atoms with Crippen LogP contribution in [0.3, 0.4) is 0 Å². The first-order valence-electron chi connectivity index (χ1n) is 7.66. The van der Waals surface area contributed by atoms with E-state index < -0.39 is 17.5 Å². The molecular formula is C18H20F2N2O3. The summed E-state index contributed by atoms with van der Waals surface area (Å²) < 4.78 is 38.6. The molecule has 0 unspecified atom stereocenters. The van der Waals surface area contributed by atoms with E-state index in [0.717, 1.165) is 12.1 Å². The van der Waals surface area contributed by atoms with Gasteiger partial charge in [0, 0.05) is 25.3 Å². The molecule has 5 nitrogen and oxygen atoms in total. The fourth-order valence-corrected chi connectivity index (χ4v) is 2.35. The molecule has 0 bridgehead atoms. The summed E-state index contributed by atoms with van der Waals surface area (Å²) >= 11 is 0. The summed E-state index contributed by atoms with van der Waals surface area (Å²) in [5.41, 5.74) is 0.136. The highest BCUT2D eigenvalue weighted by atomic mass is 19.1. The lowest BCUT2D eigenvalue weighted by atomic mass is 10.1. The lowest BCUT2D eigenvalue weighted by Gasteiger charge is -2.16. The fourth-order valence-electron chi connectivity index (χ4n) is 2.35. The van der Waals surface area contributed by atoms with Crippen LogP contribution in [0.4, 0.5) is 20.2 Å². The minimum absolute atomic E-state index is 0.0263. The van der Waals surface area contributed by atoms with Crippen molar-refractivity contribution in [2.45, 2.75) is 6.92 Å². The molecule has 0 aromatic heterocycles. The molecule has 0 fully saturated rings. The number of amides is 1. The van der Waals surface area contributed by atoms with Crippen molar-refractivity contribution in [3.63, 3.8) is 0 Å². The number of nitrogens with one attached hydrogen (secondary N) is 1. The Balaban J connectivity index is 2.25. The number of hydrogen-bond acceptors (Lipinski definition) is 4. The van der Waals surface area contributed by atoms with Gasteiger partial charge in [-0.1, -0.05) is 0 Å². The van der Waals surface area contributed by atoms with Gasteiger partial charge in [0.15, 0.2) is 23.1 Å². The molecule has 134 valence electrons. The summed E-state index contributed by atoms with van der Waals surface area (Å²) in [5.74, 6) is -1.13. The maximum atomic E-state index is 14.0. The molecule has 0 atom stereocenters. The Morgan fingerprint density at radius 2 is 1.76 bits per heavy atom. The molecule has 0 aliphatic rings. The summed E-state index contributed by atoms with van der Waals surface area (Å²) in [6.07, 6.45) is 0. The van der Waals surface area contributed by atoms with Crippen LogP contribution in [0.25, 0.3) is 0 Å². The third-order valence-electron chi connectivity index (χ3n) is 3.45. The average Bonchev–Trinajstić information content (AvgIpc) is 2.54. The van der Waals surface area contributed by atoms with E-state index in [1.54, 1.807) is 12.1 Å². The molecule has 7 heteroatoms. The number of hydrogen-bond donors (Lipinski definition) is 1. The van der Waals surface area contributed by atoms with Gasteiger partial charge >= 0.3 is 0 Å². The molecule has 1 amide bonds. The molecule has 2 aromatic rings. The third-order valence-corrected chi connectivity index (χ3v) is 3.45. The molecule has 2 rings (SSSR count). The van der Waals surface area contributed by atoms with Crippen LogP contribution < -0.4 is 19.7 Å². The average molecular weight is 350 g/mol. The van der Waals surface area contributed by atoms with Crippen molar-refractivity contribution in [3.05, 3.63) is 47.5 Å². The standard InChI is InChI=1S/C18H20F2N2O3/c1-5-25-15-7-6-11(8-16(15)24-4)18(23)21-12-9-13(19)17(22(2)3)14(20)10-12/h6-10H,5H2,1-4H3,(H,21,23). The Morgan fingerprint density at radius 3 is 2.28 bits per heavy atom. The molecule has 2 aromatic carbocycles. The summed E-state index contributed by atoms with van der Waals surface area (Å²) in [6, 6.07) is 6.79. The quantitative estimate of drug-likeness (QED) is 0.863. The summed E-state index contributed by atoms with van der Waals surface area (Å²) in [5, 5.41) is 2.47. The van der Waals surface area contributed by atoms with Crippen molar-refractivity contribution in [2.24, 2.45) is 0 Å². The van der Waals surface area contributed by atoms with Crippen molar-refractivity contribution < 1.29 is 23.0 Å². The lowest BCUT2D eigenvalue weighted by Crippen LogP contribution is -2.15. The minimum atomic E-state index is -0.760. The molecule has 0 spiro atoms. The smallest absolute Gasteiger partial charge is 0.255 e. The molecule has 0 radical (unpaired) electrons. The summed E-state index contributed by atoms with van der Waals surface area (Å²) in [4.78, 5) is 13.7. The Kier molecular flexibility index (Phi) is 5.80. The molecule has 0 saturated carbocycles. The minimum Gasteiger partial charge on any atom is -0.493 e. The SMILES string of the molecule is CCOc1ccc(C(=O)Nc2cc(F)c(N(C)C)c(F)c2)cc1OC. The van der Waals surface area contributed by atoms with E-state index in [1.165, 1.54) is 32.2 Å². The number of methoxy groups -OCH3 is 1. The van der Waals surface area contributed by atoms with Crippen LogP contribution >= 0.6 is 0 Å². The van der Waals surface area contributed by atoms with Gasteiger partial charge in [0.05, 0.1) is 13.7 Å². The zero-order valence-corrected chi connectivity index (χ0v) is 14.5. The van der Waals surface area contributed by atoms with E-state index >= 15 is 0 Å². The van der Waals surface area contributed by atoms with Crippen molar-refractivity contribution in [3.8, 4) is 11.5 Å². The topological polar surface area (TPSA) is 50.8 Å². The molecule has 0 heterocycles. The Bertz CT molecular complexity index is 756. The van der Waals surface area contributed by atoms with E-state index in [-0.39, 0.29) is 16.9 Å². The van der Waals surface area contributed by atoms with Gasteiger partial charge in [-0.05, 0) is 37.3 Å². The largest absolute Gasteiger partial charge is 0.493 e. The van der Waals surface area contributed by atoms with Gasteiger partial charge in [-0.2, -0.15) is 0 Å². The van der Waals surface area contributed by atoms with E-state index in [4.69, 9.17) is 9.47 Å². The lowest BCUT2D eigenvalue weighted by molar-refractivity contribution is 0.102. The number of ether oxygens (including phenoxy) is 2. The molecule has 0 aliphatic heterocycles. The van der Waals surface area contributed by atoms with E-state index in [1.807, 2.05) is 6.92 Å². The van der Waals surface area contributed by atoms with Gasteiger partial charge < -0.3 is 19.7 Å². The van der Waals surface area contributed by atoms with Crippen LogP contribution in [-0.2, 0) is 0 Å². The predicted octanol–water partition coefficient (Wildman–Crippen LogP) is 3.69. The normalized spacial score (nSPS) is 10.3. The maximum absolute atomic E-state index is 14.0. The van der Waals surface area contributed by atoms with Crippen LogP contribution in [0.5, 0.6) is 11.5 Å². The Morgan fingerprint density at radius 1 is 1.12 bits per heavy atom. The van der Waals surface area contributed by atoms with Gasteiger partial charge in [-0.15, -0.1) is 0 Å². The van der Waals surface area contributed by atoms with Gasteiger partial charge in [-0.25, -0.2) is 8.78 Å². The van der Waals surface area contributed by atoms with E-state index in [9.17, 15) is 13.6 Å². The summed E-state index contributed by atoms with van der Waals surface area (Å²) in [6.45, 7) is 2.29. The van der Waals surface area contributed by atoms with Crippen LogP contribution in [0.2, 0.25) is 0 Å². The van der Waals surface area contributed by atoms with Crippen molar-refractivity contribution in [1.29, 1.82) is 0 Å². The highest BCUT2D eigenvalue weighted by Crippen LogP contribution is 2.29. The van der Waals surface area contributed by atoms with Gasteiger partial charge in [0.1, 0.15) is 5.69 Å². The van der Waals surface area contributed by atoms with Crippen molar-refractivity contribution >= 4 is 17.3 Å². The second-order valence-corrected chi connectivity index (χ2v) is 5.44. The second kappa shape index (κ2) is 7.83. The first kappa shape index (κ1) is 18.5. The number of anilines is 2. The zero-order chi connectivity index (χ0) is 18.6. The number of nitrogens with zero attached hydrogens (tertiary/aromatic N) is 1. The molecule has 0 aliphatic carbocycles. The van der Waals surface area contributed by atoms with Crippen molar-refractivity contribution in [1.82, 2.24) is 0 Å². The van der Waals surface area contributed by atoms with E-state index in [0.29, 0.717) is 18.1 Å². The zero-order valence-electron chi connectivity index (χ0n) is 14.5. The van der Waals surface area contributed by atoms with Crippen LogP contribution in [0.15, 0.2) is 30.3 Å². The summed E-state index contributed by atoms with van der Waals surface area (Å²) in [7, 11) is 4.53. The molecule has 1 N–H and O–H groups in total. The van der Waals surface area contributed by atoms with Crippen molar-refractivity contribution in [2.75, 3.05) is 38.0 Å². The highest BCUT2D eigenvalue weighted by Gasteiger charge is 2.16. The van der Waals surface area contributed by atoms with Gasteiger partial charge in [0.25, 0.3) is 5.91 Å². The fraction of sp³-hybridized carbons (Fsp3) is 0.278. The predicted molar refractivity (Wildman–Crippen MR) is 92.8 cm³/mol. The number of benzene rings is 2. The molecule has 0 saturated heterocycles. The second-order valence-electron chi connectivity index (χ2n) is 5.44. The van der Waals surface area contributed by atoms with E-state index in [2.05, 4.69) is 5.32 Å². The number of rotatable bonds is 6. The monoisotopic (exact) mass is 350 g/mol. The van der Waals surface area contributed by atoms with Gasteiger partial charge in [-0.3, -0.25) is 4.79 Å². The van der Waals surface area contributed by atoms with Crippen LogP contribution in [-0.4, -0.2) is 33.7 Å². The Hall–Kier alpha value is -2.83. The van der Waals surface area contributed by atoms with Gasteiger partial charge in [0.2, 0.25) is 0 Å². The molecular weight excluding hydrogens is 330 g/mol. The third kappa shape index (κ3) is 4.17. The number of halogens is 2. The first-order chi connectivity index (χ1) is 11.9.